The molecule has 0 spiro atoms. The molecule has 0 bridgehead atoms. The molecule has 2 aromatic rings. The summed E-state index contributed by atoms with van der Waals surface area (Å²) in [6.45, 7) is 8.41. The molecule has 0 fully saturated rings. The first-order valence-electron chi connectivity index (χ1n) is 6.88. The first kappa shape index (κ1) is 14.3. The third-order valence-corrected chi connectivity index (χ3v) is 3.20. The molecule has 106 valence electrons. The van der Waals surface area contributed by atoms with E-state index >= 15 is 0 Å². The van der Waals surface area contributed by atoms with E-state index in [2.05, 4.69) is 22.5 Å². The highest BCUT2D eigenvalue weighted by Crippen LogP contribution is 2.15. The predicted octanol–water partition coefficient (Wildman–Crippen LogP) is 2.69. The van der Waals surface area contributed by atoms with Crippen LogP contribution < -0.4 is 5.32 Å². The Morgan fingerprint density at radius 3 is 2.50 bits per heavy atom. The Bertz CT molecular complexity index is 600. The Labute approximate surface area is 119 Å². The summed E-state index contributed by atoms with van der Waals surface area (Å²) >= 11 is 0. The second-order valence-electron chi connectivity index (χ2n) is 5.32. The number of aromatic nitrogens is 2. The number of amides is 1. The molecular formula is C16H21N3O. The fourth-order valence-electron chi connectivity index (χ4n) is 2.27. The second-order valence-corrected chi connectivity index (χ2v) is 5.32. The molecule has 1 amide bonds. The number of hydrogen-bond acceptors (Lipinski definition) is 2. The largest absolute Gasteiger partial charge is 0.350 e. The molecule has 20 heavy (non-hydrogen) atoms. The van der Waals surface area contributed by atoms with E-state index in [9.17, 15) is 4.79 Å². The van der Waals surface area contributed by atoms with Crippen LogP contribution in [0.3, 0.4) is 0 Å². The maximum Gasteiger partial charge on any atom is 0.255 e. The zero-order chi connectivity index (χ0) is 14.7. The molecule has 0 saturated carbocycles. The standard InChI is InChI=1S/C16H21N3O/c1-11(2)17-16(20)15-12(3)18-19(13(15)4)10-14-8-6-5-7-9-14/h5-9,11H,10H2,1-4H3,(H,17,20). The molecule has 2 rings (SSSR count). The molecule has 0 radical (unpaired) electrons. The third-order valence-electron chi connectivity index (χ3n) is 3.20. The van der Waals surface area contributed by atoms with Crippen LogP contribution in [0, 0.1) is 13.8 Å². The Kier molecular flexibility index (Phi) is 4.23. The van der Waals surface area contributed by atoms with Gasteiger partial charge in [0.25, 0.3) is 5.91 Å². The molecule has 0 aliphatic carbocycles. The van der Waals surface area contributed by atoms with E-state index < -0.39 is 0 Å². The highest BCUT2D eigenvalue weighted by Gasteiger charge is 2.19. The van der Waals surface area contributed by atoms with Gasteiger partial charge in [0.2, 0.25) is 0 Å². The van der Waals surface area contributed by atoms with Gasteiger partial charge in [-0.3, -0.25) is 9.48 Å². The molecule has 4 heteroatoms. The van der Waals surface area contributed by atoms with Crippen molar-refractivity contribution < 1.29 is 4.79 Å². The van der Waals surface area contributed by atoms with Gasteiger partial charge >= 0.3 is 0 Å². The fraction of sp³-hybridized carbons (Fsp3) is 0.375. The molecule has 0 atom stereocenters. The number of carbonyl (C=O) groups excluding carboxylic acids is 1. The third kappa shape index (κ3) is 3.07. The van der Waals surface area contributed by atoms with Crippen LogP contribution in [0.15, 0.2) is 30.3 Å². The zero-order valence-electron chi connectivity index (χ0n) is 12.5. The molecule has 1 aromatic heterocycles. The number of nitrogens with one attached hydrogen (secondary N) is 1. The number of aryl methyl sites for hydroxylation is 1. The van der Waals surface area contributed by atoms with Crippen molar-refractivity contribution in [3.63, 3.8) is 0 Å². The summed E-state index contributed by atoms with van der Waals surface area (Å²) in [6.07, 6.45) is 0. The van der Waals surface area contributed by atoms with Crippen LogP contribution in [0.4, 0.5) is 0 Å². The zero-order valence-corrected chi connectivity index (χ0v) is 12.5. The topological polar surface area (TPSA) is 46.9 Å². The monoisotopic (exact) mass is 271 g/mol. The fourth-order valence-corrected chi connectivity index (χ4v) is 2.27. The second kappa shape index (κ2) is 5.90. The summed E-state index contributed by atoms with van der Waals surface area (Å²) in [4.78, 5) is 12.2. The molecule has 0 aliphatic rings. The number of carbonyl (C=O) groups is 1. The van der Waals surface area contributed by atoms with Gasteiger partial charge in [-0.1, -0.05) is 30.3 Å². The molecule has 0 aliphatic heterocycles. The van der Waals surface area contributed by atoms with Crippen molar-refractivity contribution >= 4 is 5.91 Å². The number of hydrogen-bond donors (Lipinski definition) is 1. The van der Waals surface area contributed by atoms with Crippen molar-refractivity contribution in [1.29, 1.82) is 0 Å². The van der Waals surface area contributed by atoms with E-state index in [1.807, 2.05) is 50.6 Å². The van der Waals surface area contributed by atoms with E-state index in [1.54, 1.807) is 0 Å². The number of rotatable bonds is 4. The Balaban J connectivity index is 2.27. The summed E-state index contributed by atoms with van der Waals surface area (Å²) in [6, 6.07) is 10.3. The molecule has 4 nitrogen and oxygen atoms in total. The summed E-state index contributed by atoms with van der Waals surface area (Å²) in [5, 5.41) is 7.42. The van der Waals surface area contributed by atoms with E-state index in [1.165, 1.54) is 5.56 Å². The smallest absolute Gasteiger partial charge is 0.255 e. The van der Waals surface area contributed by atoms with Crippen molar-refractivity contribution in [2.24, 2.45) is 0 Å². The summed E-state index contributed by atoms with van der Waals surface area (Å²) in [5.41, 5.74) is 3.55. The van der Waals surface area contributed by atoms with Crippen LogP contribution in [0.5, 0.6) is 0 Å². The summed E-state index contributed by atoms with van der Waals surface area (Å²) < 4.78 is 1.89. The Morgan fingerprint density at radius 1 is 1.25 bits per heavy atom. The van der Waals surface area contributed by atoms with Crippen molar-refractivity contribution in [1.82, 2.24) is 15.1 Å². The SMILES string of the molecule is Cc1nn(Cc2ccccc2)c(C)c1C(=O)NC(C)C. The van der Waals surface area contributed by atoms with E-state index in [0.29, 0.717) is 12.1 Å². The Morgan fingerprint density at radius 2 is 1.90 bits per heavy atom. The molecule has 1 N–H and O–H groups in total. The summed E-state index contributed by atoms with van der Waals surface area (Å²) in [5.74, 6) is -0.0469. The van der Waals surface area contributed by atoms with Gasteiger partial charge in [0, 0.05) is 11.7 Å². The lowest BCUT2D eigenvalue weighted by Crippen LogP contribution is -2.30. The maximum atomic E-state index is 12.2. The normalized spacial score (nSPS) is 10.8. The number of benzene rings is 1. The van der Waals surface area contributed by atoms with Crippen molar-refractivity contribution in [3.8, 4) is 0 Å². The highest BCUT2D eigenvalue weighted by atomic mass is 16.1. The lowest BCUT2D eigenvalue weighted by atomic mass is 10.1. The van der Waals surface area contributed by atoms with Crippen molar-refractivity contribution in [2.75, 3.05) is 0 Å². The van der Waals surface area contributed by atoms with Gasteiger partial charge in [-0.2, -0.15) is 5.10 Å². The lowest BCUT2D eigenvalue weighted by Gasteiger charge is -2.09. The predicted molar refractivity (Wildman–Crippen MR) is 79.8 cm³/mol. The Hall–Kier alpha value is -2.10. The van der Waals surface area contributed by atoms with Gasteiger partial charge in [0.05, 0.1) is 17.8 Å². The van der Waals surface area contributed by atoms with E-state index in [4.69, 9.17) is 0 Å². The lowest BCUT2D eigenvalue weighted by molar-refractivity contribution is 0.0942. The molecule has 1 aromatic carbocycles. The van der Waals surface area contributed by atoms with Crippen LogP contribution in [-0.2, 0) is 6.54 Å². The average molecular weight is 271 g/mol. The van der Waals surface area contributed by atoms with Crippen molar-refractivity contribution in [3.05, 3.63) is 52.8 Å². The van der Waals surface area contributed by atoms with E-state index in [0.717, 1.165) is 11.4 Å². The minimum atomic E-state index is -0.0469. The van der Waals surface area contributed by atoms with Gasteiger partial charge in [0.1, 0.15) is 0 Å². The van der Waals surface area contributed by atoms with Crippen LogP contribution in [-0.4, -0.2) is 21.7 Å². The van der Waals surface area contributed by atoms with Gasteiger partial charge in [-0.05, 0) is 33.3 Å². The average Bonchev–Trinajstić information content (AvgIpc) is 2.65. The quantitative estimate of drug-likeness (QED) is 0.929. The molecule has 0 saturated heterocycles. The minimum Gasteiger partial charge on any atom is -0.350 e. The van der Waals surface area contributed by atoms with Crippen LogP contribution in [0.1, 0.15) is 41.2 Å². The van der Waals surface area contributed by atoms with Gasteiger partial charge in [-0.25, -0.2) is 0 Å². The molecule has 1 heterocycles. The minimum absolute atomic E-state index is 0.0469. The highest BCUT2D eigenvalue weighted by molar-refractivity contribution is 5.96. The molecule has 0 unspecified atom stereocenters. The van der Waals surface area contributed by atoms with Gasteiger partial charge in [0.15, 0.2) is 0 Å². The van der Waals surface area contributed by atoms with Gasteiger partial charge in [-0.15, -0.1) is 0 Å². The summed E-state index contributed by atoms with van der Waals surface area (Å²) in [7, 11) is 0. The van der Waals surface area contributed by atoms with Crippen LogP contribution >= 0.6 is 0 Å². The first-order chi connectivity index (χ1) is 9.49. The van der Waals surface area contributed by atoms with Crippen molar-refractivity contribution in [2.45, 2.75) is 40.3 Å². The first-order valence-corrected chi connectivity index (χ1v) is 6.88. The maximum absolute atomic E-state index is 12.2. The number of nitrogens with zero attached hydrogens (tertiary/aromatic N) is 2. The molecular weight excluding hydrogens is 250 g/mol. The van der Waals surface area contributed by atoms with Crippen LogP contribution in [0.25, 0.3) is 0 Å². The van der Waals surface area contributed by atoms with Crippen LogP contribution in [0.2, 0.25) is 0 Å². The van der Waals surface area contributed by atoms with E-state index in [-0.39, 0.29) is 11.9 Å². The van der Waals surface area contributed by atoms with Gasteiger partial charge < -0.3 is 5.32 Å².